The van der Waals surface area contributed by atoms with Crippen molar-refractivity contribution in [3.05, 3.63) is 0 Å². The summed E-state index contributed by atoms with van der Waals surface area (Å²) in [6.07, 6.45) is 4.53. The fourth-order valence-corrected chi connectivity index (χ4v) is 2.20. The summed E-state index contributed by atoms with van der Waals surface area (Å²) in [4.78, 5) is 18.8. The van der Waals surface area contributed by atoms with Gasteiger partial charge in [-0.05, 0) is 19.9 Å². The standard InChI is InChI=1S/C14H29N3O/c1-4-6-8-16(9-7-5-2)14(18)17-12-10-15(3)11-13-17/h4-13H2,1-3H3. The lowest BCUT2D eigenvalue weighted by molar-refractivity contribution is 0.121. The first-order valence-corrected chi connectivity index (χ1v) is 7.41. The topological polar surface area (TPSA) is 26.8 Å². The van der Waals surface area contributed by atoms with Crippen LogP contribution in [-0.2, 0) is 0 Å². The van der Waals surface area contributed by atoms with E-state index in [-0.39, 0.29) is 6.03 Å². The van der Waals surface area contributed by atoms with E-state index in [9.17, 15) is 4.79 Å². The molecular formula is C14H29N3O. The van der Waals surface area contributed by atoms with Gasteiger partial charge in [-0.15, -0.1) is 0 Å². The molecule has 2 amide bonds. The van der Waals surface area contributed by atoms with Crippen LogP contribution in [0.3, 0.4) is 0 Å². The lowest BCUT2D eigenvalue weighted by Crippen LogP contribution is -2.52. The van der Waals surface area contributed by atoms with Gasteiger partial charge >= 0.3 is 6.03 Å². The van der Waals surface area contributed by atoms with Gasteiger partial charge < -0.3 is 14.7 Å². The third kappa shape index (κ3) is 4.84. The maximum absolute atomic E-state index is 12.5. The molecule has 0 unspecified atom stereocenters. The second kappa shape index (κ2) is 8.35. The molecule has 0 bridgehead atoms. The molecule has 0 aromatic carbocycles. The monoisotopic (exact) mass is 255 g/mol. The Morgan fingerprint density at radius 1 is 1.00 bits per heavy atom. The number of hydrogen-bond acceptors (Lipinski definition) is 2. The molecule has 0 radical (unpaired) electrons. The van der Waals surface area contributed by atoms with Gasteiger partial charge in [0.1, 0.15) is 0 Å². The Kier molecular flexibility index (Phi) is 7.09. The SMILES string of the molecule is CCCCN(CCCC)C(=O)N1CCN(C)CC1. The van der Waals surface area contributed by atoms with Crippen LogP contribution in [0.15, 0.2) is 0 Å². The number of likely N-dealkylation sites (N-methyl/N-ethyl adjacent to an activating group) is 1. The quantitative estimate of drug-likeness (QED) is 0.728. The number of urea groups is 1. The number of unbranched alkanes of at least 4 members (excludes halogenated alkanes) is 2. The highest BCUT2D eigenvalue weighted by Crippen LogP contribution is 2.07. The first kappa shape index (κ1) is 15.3. The summed E-state index contributed by atoms with van der Waals surface area (Å²) in [6, 6.07) is 0.255. The molecular weight excluding hydrogens is 226 g/mol. The molecule has 106 valence electrons. The number of carbonyl (C=O) groups is 1. The van der Waals surface area contributed by atoms with Crippen LogP contribution >= 0.6 is 0 Å². The Bertz CT molecular complexity index is 229. The van der Waals surface area contributed by atoms with Gasteiger partial charge in [0.15, 0.2) is 0 Å². The van der Waals surface area contributed by atoms with Crippen molar-refractivity contribution < 1.29 is 4.79 Å². The van der Waals surface area contributed by atoms with E-state index in [0.29, 0.717) is 0 Å². The molecule has 1 fully saturated rings. The van der Waals surface area contributed by atoms with Crippen molar-refractivity contribution >= 4 is 6.03 Å². The lowest BCUT2D eigenvalue weighted by atomic mass is 10.2. The van der Waals surface area contributed by atoms with Gasteiger partial charge in [-0.25, -0.2) is 4.79 Å². The summed E-state index contributed by atoms with van der Waals surface area (Å²) in [5.41, 5.74) is 0. The fraction of sp³-hybridized carbons (Fsp3) is 0.929. The number of rotatable bonds is 6. The first-order valence-electron chi connectivity index (χ1n) is 7.41. The third-order valence-corrected chi connectivity index (χ3v) is 3.61. The van der Waals surface area contributed by atoms with E-state index in [1.54, 1.807) is 0 Å². The number of piperazine rings is 1. The minimum atomic E-state index is 0.255. The van der Waals surface area contributed by atoms with Crippen LogP contribution in [0.5, 0.6) is 0 Å². The molecule has 1 heterocycles. The minimum Gasteiger partial charge on any atom is -0.325 e. The fourth-order valence-electron chi connectivity index (χ4n) is 2.20. The first-order chi connectivity index (χ1) is 8.69. The highest BCUT2D eigenvalue weighted by Gasteiger charge is 2.23. The second-order valence-electron chi connectivity index (χ2n) is 5.27. The van der Waals surface area contributed by atoms with Crippen LogP contribution in [0, 0.1) is 0 Å². The van der Waals surface area contributed by atoms with Gasteiger partial charge in [0.25, 0.3) is 0 Å². The van der Waals surface area contributed by atoms with Gasteiger partial charge in [0, 0.05) is 39.3 Å². The van der Waals surface area contributed by atoms with Gasteiger partial charge in [-0.1, -0.05) is 26.7 Å². The third-order valence-electron chi connectivity index (χ3n) is 3.61. The molecule has 4 heteroatoms. The molecule has 1 rings (SSSR count). The molecule has 0 aromatic rings. The van der Waals surface area contributed by atoms with Crippen molar-refractivity contribution in [2.45, 2.75) is 39.5 Å². The Morgan fingerprint density at radius 3 is 1.94 bits per heavy atom. The summed E-state index contributed by atoms with van der Waals surface area (Å²) >= 11 is 0. The van der Waals surface area contributed by atoms with Gasteiger partial charge in [-0.3, -0.25) is 0 Å². The summed E-state index contributed by atoms with van der Waals surface area (Å²) in [7, 11) is 2.12. The molecule has 1 aliphatic rings. The lowest BCUT2D eigenvalue weighted by Gasteiger charge is -2.36. The van der Waals surface area contributed by atoms with Gasteiger partial charge in [0.2, 0.25) is 0 Å². The van der Waals surface area contributed by atoms with Crippen LogP contribution in [0.25, 0.3) is 0 Å². The summed E-state index contributed by atoms with van der Waals surface area (Å²) in [6.45, 7) is 9.95. The zero-order valence-corrected chi connectivity index (χ0v) is 12.3. The van der Waals surface area contributed by atoms with E-state index in [2.05, 4.69) is 30.7 Å². The normalized spacial score (nSPS) is 16.9. The van der Waals surface area contributed by atoms with E-state index < -0.39 is 0 Å². The van der Waals surface area contributed by atoms with Gasteiger partial charge in [0.05, 0.1) is 0 Å². The molecule has 0 aliphatic carbocycles. The summed E-state index contributed by atoms with van der Waals surface area (Å²) in [5, 5.41) is 0. The highest BCUT2D eigenvalue weighted by atomic mass is 16.2. The van der Waals surface area contributed by atoms with Crippen LogP contribution < -0.4 is 0 Å². The second-order valence-corrected chi connectivity index (χ2v) is 5.27. The van der Waals surface area contributed by atoms with E-state index in [0.717, 1.165) is 65.0 Å². The Hall–Kier alpha value is -0.770. The largest absolute Gasteiger partial charge is 0.325 e. The Balaban J connectivity index is 2.46. The summed E-state index contributed by atoms with van der Waals surface area (Å²) in [5.74, 6) is 0. The molecule has 0 spiro atoms. The molecule has 0 atom stereocenters. The number of carbonyl (C=O) groups excluding carboxylic acids is 1. The molecule has 18 heavy (non-hydrogen) atoms. The number of nitrogens with zero attached hydrogens (tertiary/aromatic N) is 3. The average molecular weight is 255 g/mol. The Morgan fingerprint density at radius 2 is 1.50 bits per heavy atom. The number of amides is 2. The predicted molar refractivity (Wildman–Crippen MR) is 75.9 cm³/mol. The smallest absolute Gasteiger partial charge is 0.320 e. The molecule has 4 nitrogen and oxygen atoms in total. The highest BCUT2D eigenvalue weighted by molar-refractivity contribution is 5.74. The van der Waals surface area contributed by atoms with Crippen LogP contribution in [0.4, 0.5) is 4.79 Å². The van der Waals surface area contributed by atoms with E-state index in [1.807, 2.05) is 4.90 Å². The van der Waals surface area contributed by atoms with E-state index in [4.69, 9.17) is 0 Å². The average Bonchev–Trinajstić information content (AvgIpc) is 2.39. The van der Waals surface area contributed by atoms with Crippen molar-refractivity contribution in [3.8, 4) is 0 Å². The van der Waals surface area contributed by atoms with Crippen LogP contribution in [-0.4, -0.2) is 67.0 Å². The zero-order chi connectivity index (χ0) is 13.4. The maximum Gasteiger partial charge on any atom is 0.320 e. The predicted octanol–water partition coefficient (Wildman–Crippen LogP) is 2.26. The molecule has 0 saturated carbocycles. The van der Waals surface area contributed by atoms with Crippen molar-refractivity contribution in [2.75, 3.05) is 46.3 Å². The van der Waals surface area contributed by atoms with Crippen molar-refractivity contribution in [1.29, 1.82) is 0 Å². The van der Waals surface area contributed by atoms with Crippen molar-refractivity contribution in [3.63, 3.8) is 0 Å². The van der Waals surface area contributed by atoms with Gasteiger partial charge in [-0.2, -0.15) is 0 Å². The summed E-state index contributed by atoms with van der Waals surface area (Å²) < 4.78 is 0. The minimum absolute atomic E-state index is 0.255. The zero-order valence-electron chi connectivity index (χ0n) is 12.3. The molecule has 1 saturated heterocycles. The maximum atomic E-state index is 12.5. The molecule has 0 N–H and O–H groups in total. The van der Waals surface area contributed by atoms with Crippen LogP contribution in [0.2, 0.25) is 0 Å². The molecule has 0 aromatic heterocycles. The number of hydrogen-bond donors (Lipinski definition) is 0. The Labute approximate surface area is 112 Å². The molecule has 1 aliphatic heterocycles. The van der Waals surface area contributed by atoms with E-state index in [1.165, 1.54) is 0 Å². The van der Waals surface area contributed by atoms with Crippen molar-refractivity contribution in [1.82, 2.24) is 14.7 Å². The van der Waals surface area contributed by atoms with Crippen LogP contribution in [0.1, 0.15) is 39.5 Å². The van der Waals surface area contributed by atoms with Crippen molar-refractivity contribution in [2.24, 2.45) is 0 Å². The van der Waals surface area contributed by atoms with E-state index >= 15 is 0 Å².